The zero-order chi connectivity index (χ0) is 13.8. The molecule has 102 valence electrons. The lowest BCUT2D eigenvalue weighted by molar-refractivity contribution is 0.595. The van der Waals surface area contributed by atoms with Crippen LogP contribution in [0, 0.1) is 0 Å². The van der Waals surface area contributed by atoms with Gasteiger partial charge < -0.3 is 5.32 Å². The molecule has 0 saturated heterocycles. The molecule has 0 radical (unpaired) electrons. The Bertz CT molecular complexity index is 505. The highest BCUT2D eigenvalue weighted by Crippen LogP contribution is 2.16. The number of rotatable bonds is 6. The van der Waals surface area contributed by atoms with Gasteiger partial charge in [0.05, 0.1) is 5.75 Å². The molecule has 1 aromatic rings. The van der Waals surface area contributed by atoms with Gasteiger partial charge in [0.1, 0.15) is 16.8 Å². The van der Waals surface area contributed by atoms with Gasteiger partial charge in [-0.05, 0) is 6.42 Å². The summed E-state index contributed by atoms with van der Waals surface area (Å²) in [4.78, 5) is 8.38. The molecule has 3 N–H and O–H groups in total. The molecule has 0 unspecified atom stereocenters. The summed E-state index contributed by atoms with van der Waals surface area (Å²) in [6, 6.07) is 1.60. The van der Waals surface area contributed by atoms with Crippen LogP contribution in [0.3, 0.4) is 0 Å². The molecule has 1 rings (SSSR count). The van der Waals surface area contributed by atoms with Gasteiger partial charge in [0.25, 0.3) is 0 Å². The standard InChI is InChI=1S/C10H17ClN4O2S/c1-7(2)10-14-8(11)6-9(15-10)13-4-3-5-18(12,16)17/h6-7H,3-5H2,1-2H3,(H2,12,16,17)(H,13,14,15). The predicted octanol–water partition coefficient (Wildman–Crippen LogP) is 1.34. The molecule has 0 bridgehead atoms. The maximum absolute atomic E-state index is 10.7. The molecular weight excluding hydrogens is 276 g/mol. The third-order valence-electron chi connectivity index (χ3n) is 2.14. The van der Waals surface area contributed by atoms with Crippen molar-refractivity contribution in [2.75, 3.05) is 17.6 Å². The van der Waals surface area contributed by atoms with Gasteiger partial charge in [0, 0.05) is 18.5 Å². The van der Waals surface area contributed by atoms with Crippen molar-refractivity contribution in [1.82, 2.24) is 9.97 Å². The first-order chi connectivity index (χ1) is 8.28. The number of primary sulfonamides is 1. The molecule has 18 heavy (non-hydrogen) atoms. The maximum atomic E-state index is 10.7. The Morgan fingerprint density at radius 3 is 2.67 bits per heavy atom. The lowest BCUT2D eigenvalue weighted by Crippen LogP contribution is -2.19. The second kappa shape index (κ2) is 6.31. The number of hydrogen-bond donors (Lipinski definition) is 2. The van der Waals surface area contributed by atoms with Crippen LogP contribution in [0.15, 0.2) is 6.07 Å². The normalized spacial score (nSPS) is 11.8. The first-order valence-corrected chi connectivity index (χ1v) is 7.66. The van der Waals surface area contributed by atoms with E-state index in [1.165, 1.54) is 0 Å². The summed E-state index contributed by atoms with van der Waals surface area (Å²) < 4.78 is 21.5. The van der Waals surface area contributed by atoms with Crippen LogP contribution in [0.2, 0.25) is 5.15 Å². The van der Waals surface area contributed by atoms with Crippen molar-refractivity contribution in [1.29, 1.82) is 0 Å². The average molecular weight is 293 g/mol. The van der Waals surface area contributed by atoms with E-state index in [2.05, 4.69) is 15.3 Å². The lowest BCUT2D eigenvalue weighted by atomic mass is 10.2. The fourth-order valence-electron chi connectivity index (χ4n) is 1.27. The number of halogens is 1. The molecule has 0 amide bonds. The summed E-state index contributed by atoms with van der Waals surface area (Å²) in [7, 11) is -3.41. The van der Waals surface area contributed by atoms with Crippen LogP contribution in [0.4, 0.5) is 5.82 Å². The number of nitrogens with one attached hydrogen (secondary N) is 1. The van der Waals surface area contributed by atoms with E-state index < -0.39 is 10.0 Å². The largest absolute Gasteiger partial charge is 0.370 e. The molecule has 6 nitrogen and oxygen atoms in total. The Labute approximate surface area is 112 Å². The Balaban J connectivity index is 2.57. The van der Waals surface area contributed by atoms with Crippen molar-refractivity contribution in [3.63, 3.8) is 0 Å². The Kier molecular flexibility index (Phi) is 5.30. The molecule has 0 aliphatic carbocycles. The highest BCUT2D eigenvalue weighted by Gasteiger charge is 2.07. The zero-order valence-corrected chi connectivity index (χ0v) is 11.9. The Hall–Kier alpha value is -0.920. The third-order valence-corrected chi connectivity index (χ3v) is 3.19. The van der Waals surface area contributed by atoms with Crippen molar-refractivity contribution in [2.24, 2.45) is 5.14 Å². The molecule has 0 aliphatic heterocycles. The summed E-state index contributed by atoms with van der Waals surface area (Å²) >= 11 is 5.87. The van der Waals surface area contributed by atoms with Crippen LogP contribution in [-0.2, 0) is 10.0 Å². The summed E-state index contributed by atoms with van der Waals surface area (Å²) in [5.41, 5.74) is 0. The first-order valence-electron chi connectivity index (χ1n) is 5.57. The van der Waals surface area contributed by atoms with Crippen LogP contribution in [-0.4, -0.2) is 30.7 Å². The number of aromatic nitrogens is 2. The number of nitrogens with two attached hydrogens (primary N) is 1. The molecule has 0 aliphatic rings. The zero-order valence-electron chi connectivity index (χ0n) is 10.4. The van der Waals surface area contributed by atoms with Gasteiger partial charge in [-0.3, -0.25) is 0 Å². The van der Waals surface area contributed by atoms with Crippen LogP contribution in [0.1, 0.15) is 32.0 Å². The molecule has 0 saturated carbocycles. The van der Waals surface area contributed by atoms with Gasteiger partial charge in [-0.2, -0.15) is 0 Å². The minimum atomic E-state index is -3.41. The summed E-state index contributed by atoms with van der Waals surface area (Å²) in [6.45, 7) is 4.40. The van der Waals surface area contributed by atoms with Crippen LogP contribution < -0.4 is 10.5 Å². The van der Waals surface area contributed by atoms with Crippen molar-refractivity contribution in [2.45, 2.75) is 26.2 Å². The topological polar surface area (TPSA) is 98.0 Å². The summed E-state index contributed by atoms with van der Waals surface area (Å²) in [6.07, 6.45) is 0.414. The van der Waals surface area contributed by atoms with Gasteiger partial charge in [0.15, 0.2) is 0 Å². The van der Waals surface area contributed by atoms with Crippen molar-refractivity contribution < 1.29 is 8.42 Å². The van der Waals surface area contributed by atoms with Crippen molar-refractivity contribution >= 4 is 27.4 Å². The molecule has 8 heteroatoms. The molecule has 0 aromatic carbocycles. The van der Waals surface area contributed by atoms with E-state index in [1.54, 1.807) is 6.07 Å². The third kappa shape index (κ3) is 5.61. The Morgan fingerprint density at radius 2 is 2.11 bits per heavy atom. The molecule has 0 spiro atoms. The van der Waals surface area contributed by atoms with Crippen LogP contribution >= 0.6 is 11.6 Å². The fourth-order valence-corrected chi connectivity index (χ4v) is 2.01. The molecular formula is C10H17ClN4O2S. The van der Waals surface area contributed by atoms with Crippen LogP contribution in [0.25, 0.3) is 0 Å². The Morgan fingerprint density at radius 1 is 1.44 bits per heavy atom. The van der Waals surface area contributed by atoms with E-state index in [4.69, 9.17) is 16.7 Å². The SMILES string of the molecule is CC(C)c1nc(Cl)cc(NCCCS(N)(=O)=O)n1. The van der Waals surface area contributed by atoms with Crippen molar-refractivity contribution in [3.8, 4) is 0 Å². The molecule has 0 atom stereocenters. The van der Waals surface area contributed by atoms with Gasteiger partial charge in [0.2, 0.25) is 10.0 Å². The summed E-state index contributed by atoms with van der Waals surface area (Å²) in [5, 5.41) is 8.26. The predicted molar refractivity (Wildman–Crippen MR) is 72.2 cm³/mol. The van der Waals surface area contributed by atoms with E-state index >= 15 is 0 Å². The number of nitrogens with zero attached hydrogens (tertiary/aromatic N) is 2. The lowest BCUT2D eigenvalue weighted by Gasteiger charge is -2.09. The van der Waals surface area contributed by atoms with Gasteiger partial charge >= 0.3 is 0 Å². The second-order valence-electron chi connectivity index (χ2n) is 4.24. The van der Waals surface area contributed by atoms with Gasteiger partial charge in [-0.15, -0.1) is 0 Å². The number of sulfonamides is 1. The maximum Gasteiger partial charge on any atom is 0.209 e. The molecule has 1 heterocycles. The van der Waals surface area contributed by atoms with E-state index in [0.717, 1.165) is 0 Å². The van der Waals surface area contributed by atoms with E-state index in [-0.39, 0.29) is 11.7 Å². The molecule has 0 fully saturated rings. The van der Waals surface area contributed by atoms with E-state index in [0.29, 0.717) is 29.8 Å². The quantitative estimate of drug-likeness (QED) is 0.609. The van der Waals surface area contributed by atoms with Crippen molar-refractivity contribution in [3.05, 3.63) is 17.0 Å². The highest BCUT2D eigenvalue weighted by molar-refractivity contribution is 7.89. The monoisotopic (exact) mass is 292 g/mol. The minimum Gasteiger partial charge on any atom is -0.370 e. The number of hydrogen-bond acceptors (Lipinski definition) is 5. The average Bonchev–Trinajstić information content (AvgIpc) is 2.22. The minimum absolute atomic E-state index is 0.0597. The smallest absolute Gasteiger partial charge is 0.209 e. The van der Waals surface area contributed by atoms with Gasteiger partial charge in [-0.1, -0.05) is 25.4 Å². The summed E-state index contributed by atoms with van der Waals surface area (Å²) in [5.74, 6) is 1.36. The van der Waals surface area contributed by atoms with E-state index in [1.807, 2.05) is 13.8 Å². The highest BCUT2D eigenvalue weighted by atomic mass is 35.5. The van der Waals surface area contributed by atoms with Crippen LogP contribution in [0.5, 0.6) is 0 Å². The number of anilines is 1. The molecule has 1 aromatic heterocycles. The van der Waals surface area contributed by atoms with E-state index in [9.17, 15) is 8.42 Å². The van der Waals surface area contributed by atoms with Gasteiger partial charge in [-0.25, -0.2) is 23.5 Å². The second-order valence-corrected chi connectivity index (χ2v) is 6.36. The fraction of sp³-hybridized carbons (Fsp3) is 0.600. The first kappa shape index (κ1) is 15.1.